The molecule has 1 aromatic carbocycles. The molecule has 4 rings (SSSR count). The van der Waals surface area contributed by atoms with Crippen molar-refractivity contribution in [1.82, 2.24) is 9.97 Å². The van der Waals surface area contributed by atoms with E-state index in [1.807, 2.05) is 12.1 Å². The van der Waals surface area contributed by atoms with Crippen molar-refractivity contribution in [3.05, 3.63) is 47.5 Å². The molecule has 2 aromatic rings. The molecule has 1 heterocycles. The predicted molar refractivity (Wildman–Crippen MR) is 116 cm³/mol. The number of nitrogens with two attached hydrogens (primary N) is 1. The van der Waals surface area contributed by atoms with Crippen molar-refractivity contribution in [1.29, 1.82) is 0 Å². The Balaban J connectivity index is 1.43. The van der Waals surface area contributed by atoms with E-state index in [9.17, 15) is 8.42 Å². The third-order valence-electron chi connectivity index (χ3n) is 6.23. The van der Waals surface area contributed by atoms with E-state index < -0.39 is 16.1 Å². The fourth-order valence-corrected chi connectivity index (χ4v) is 5.14. The van der Waals surface area contributed by atoms with Crippen LogP contribution in [0.5, 0.6) is 0 Å². The highest BCUT2D eigenvalue weighted by Gasteiger charge is 2.37. The van der Waals surface area contributed by atoms with Gasteiger partial charge in [-0.25, -0.2) is 15.1 Å². The zero-order valence-corrected chi connectivity index (χ0v) is 18.5. The molecular weight excluding hydrogens is 421 g/mol. The van der Waals surface area contributed by atoms with Crippen LogP contribution in [0.3, 0.4) is 0 Å². The number of rotatable bonds is 7. The van der Waals surface area contributed by atoms with Gasteiger partial charge in [0.2, 0.25) is 5.82 Å². The maximum Gasteiger partial charge on any atom is 0.333 e. The zero-order valence-electron chi connectivity index (χ0n) is 17.6. The first-order chi connectivity index (χ1) is 14.6. The molecule has 168 valence electrons. The molecule has 2 aliphatic rings. The second-order valence-corrected chi connectivity index (χ2v) is 10.3. The summed E-state index contributed by atoms with van der Waals surface area (Å²) in [4.78, 5) is 8.21. The second kappa shape index (κ2) is 8.33. The number of benzene rings is 1. The normalized spacial score (nSPS) is 24.7. The number of anilines is 2. The average molecular weight is 450 g/mol. The van der Waals surface area contributed by atoms with E-state index in [1.54, 1.807) is 0 Å². The molecule has 10 heteroatoms. The summed E-state index contributed by atoms with van der Waals surface area (Å²) >= 11 is 0. The number of halogens is 1. The lowest BCUT2D eigenvalue weighted by Gasteiger charge is -2.20. The Bertz CT molecular complexity index is 1060. The van der Waals surface area contributed by atoms with Crippen LogP contribution < -0.4 is 15.8 Å². The van der Waals surface area contributed by atoms with Crippen LogP contribution in [0.2, 0.25) is 0 Å². The van der Waals surface area contributed by atoms with Crippen molar-refractivity contribution in [3.63, 3.8) is 0 Å². The van der Waals surface area contributed by atoms with Gasteiger partial charge in [-0.05, 0) is 48.1 Å². The molecule has 1 saturated carbocycles. The molecular formula is C21H28FN5O3S. The maximum atomic E-state index is 15.2. The Morgan fingerprint density at radius 1 is 1.19 bits per heavy atom. The third kappa shape index (κ3) is 4.97. The second-order valence-electron chi connectivity index (χ2n) is 9.05. The lowest BCUT2D eigenvalue weighted by atomic mass is 9.86. The monoisotopic (exact) mass is 449 g/mol. The number of fused-ring (bicyclic) bond motifs is 1. The van der Waals surface area contributed by atoms with Crippen molar-refractivity contribution < 1.29 is 17.0 Å². The Labute approximate surface area is 182 Å². The maximum absolute atomic E-state index is 15.2. The van der Waals surface area contributed by atoms with E-state index in [2.05, 4.69) is 50.8 Å². The minimum absolute atomic E-state index is 0.00319. The molecule has 31 heavy (non-hydrogen) atoms. The van der Waals surface area contributed by atoms with Crippen LogP contribution in [0.15, 0.2) is 30.6 Å². The van der Waals surface area contributed by atoms with E-state index in [1.165, 1.54) is 11.9 Å². The van der Waals surface area contributed by atoms with Crippen molar-refractivity contribution in [2.75, 3.05) is 17.2 Å². The lowest BCUT2D eigenvalue weighted by Crippen LogP contribution is -2.22. The summed E-state index contributed by atoms with van der Waals surface area (Å²) in [5, 5.41) is 11.3. The summed E-state index contributed by atoms with van der Waals surface area (Å²) in [5.74, 6) is -0.173. The summed E-state index contributed by atoms with van der Waals surface area (Å²) in [5.41, 5.74) is 2.42. The molecule has 1 fully saturated rings. The minimum atomic E-state index is -3.95. The van der Waals surface area contributed by atoms with Crippen LogP contribution >= 0.6 is 0 Å². The molecule has 4 N–H and O–H groups in total. The number of nitrogens with zero attached hydrogens (tertiary/aromatic N) is 2. The third-order valence-corrected chi connectivity index (χ3v) is 6.69. The largest absolute Gasteiger partial charge is 0.365 e. The summed E-state index contributed by atoms with van der Waals surface area (Å²) in [6, 6.07) is 8.15. The first-order valence-electron chi connectivity index (χ1n) is 10.4. The molecule has 0 aliphatic heterocycles. The molecule has 0 unspecified atom stereocenters. The number of aromatic nitrogens is 2. The van der Waals surface area contributed by atoms with Gasteiger partial charge in [0.05, 0.1) is 12.6 Å². The highest BCUT2D eigenvalue weighted by Crippen LogP contribution is 2.45. The summed E-state index contributed by atoms with van der Waals surface area (Å²) in [6.45, 7) is 4.41. The Morgan fingerprint density at radius 2 is 1.90 bits per heavy atom. The Kier molecular flexibility index (Phi) is 5.89. The van der Waals surface area contributed by atoms with Crippen LogP contribution in [0.4, 0.5) is 16.0 Å². The molecule has 1 aromatic heterocycles. The van der Waals surface area contributed by atoms with Crippen molar-refractivity contribution >= 4 is 21.9 Å². The van der Waals surface area contributed by atoms with Crippen molar-refractivity contribution in [2.45, 2.75) is 57.0 Å². The number of hydrogen-bond donors (Lipinski definition) is 3. The van der Waals surface area contributed by atoms with E-state index in [0.717, 1.165) is 24.8 Å². The Hall–Kier alpha value is -2.30. The predicted octanol–water partition coefficient (Wildman–Crippen LogP) is 3.25. The summed E-state index contributed by atoms with van der Waals surface area (Å²) < 4.78 is 41.8. The number of nitrogens with one attached hydrogen (secondary N) is 2. The van der Waals surface area contributed by atoms with Crippen LogP contribution in [0.25, 0.3) is 0 Å². The zero-order chi connectivity index (χ0) is 22.2. The van der Waals surface area contributed by atoms with Gasteiger partial charge in [-0.3, -0.25) is 4.18 Å². The van der Waals surface area contributed by atoms with Crippen LogP contribution in [0.1, 0.15) is 56.7 Å². The van der Waals surface area contributed by atoms with Crippen LogP contribution in [-0.4, -0.2) is 31.0 Å². The smallest absolute Gasteiger partial charge is 0.333 e. The SMILES string of the molecule is CC1(C)C[C@H](Nc2ncnc(N[C@H]3CC[C@H](COS(N)(=O)=O)C3)c2F)c2ccccc21. The van der Waals surface area contributed by atoms with Crippen LogP contribution in [0, 0.1) is 11.7 Å². The molecule has 0 spiro atoms. The van der Waals surface area contributed by atoms with E-state index in [0.29, 0.717) is 6.42 Å². The van der Waals surface area contributed by atoms with Gasteiger partial charge in [0.1, 0.15) is 6.33 Å². The van der Waals surface area contributed by atoms with Gasteiger partial charge in [0.15, 0.2) is 11.6 Å². The molecule has 0 amide bonds. The van der Waals surface area contributed by atoms with Gasteiger partial charge < -0.3 is 10.6 Å². The highest BCUT2D eigenvalue weighted by molar-refractivity contribution is 7.84. The molecule has 0 radical (unpaired) electrons. The molecule has 0 saturated heterocycles. The average Bonchev–Trinajstić information content (AvgIpc) is 3.25. The van der Waals surface area contributed by atoms with E-state index >= 15 is 4.39 Å². The van der Waals surface area contributed by atoms with Gasteiger partial charge in [-0.15, -0.1) is 0 Å². The van der Waals surface area contributed by atoms with Crippen molar-refractivity contribution in [3.8, 4) is 0 Å². The molecule has 0 bridgehead atoms. The first kappa shape index (κ1) is 21.9. The van der Waals surface area contributed by atoms with Gasteiger partial charge in [-0.2, -0.15) is 12.8 Å². The van der Waals surface area contributed by atoms with Crippen LogP contribution in [-0.2, 0) is 19.9 Å². The quantitative estimate of drug-likeness (QED) is 0.593. The topological polar surface area (TPSA) is 119 Å². The van der Waals surface area contributed by atoms with Gasteiger partial charge in [-0.1, -0.05) is 38.1 Å². The first-order valence-corrected chi connectivity index (χ1v) is 11.9. The highest BCUT2D eigenvalue weighted by atomic mass is 32.2. The summed E-state index contributed by atoms with van der Waals surface area (Å²) in [6.07, 6.45) is 4.35. The van der Waals surface area contributed by atoms with Gasteiger partial charge in [0.25, 0.3) is 0 Å². The fraction of sp³-hybridized carbons (Fsp3) is 0.524. The summed E-state index contributed by atoms with van der Waals surface area (Å²) in [7, 11) is -3.95. The van der Waals surface area contributed by atoms with E-state index in [-0.39, 0.29) is 41.7 Å². The Morgan fingerprint density at radius 3 is 2.65 bits per heavy atom. The van der Waals surface area contributed by atoms with E-state index in [4.69, 9.17) is 5.14 Å². The molecule has 3 atom stereocenters. The fourth-order valence-electron chi connectivity index (χ4n) is 4.75. The molecule has 2 aliphatic carbocycles. The molecule has 8 nitrogen and oxygen atoms in total. The van der Waals surface area contributed by atoms with Crippen molar-refractivity contribution in [2.24, 2.45) is 11.1 Å². The lowest BCUT2D eigenvalue weighted by molar-refractivity contribution is 0.256. The van der Waals surface area contributed by atoms with Gasteiger partial charge in [0, 0.05) is 6.04 Å². The number of hydrogen-bond acceptors (Lipinski definition) is 7. The standard InChI is InChI=1S/C21H28FN5O3S/c1-21(2)10-17(15-5-3-4-6-16(15)21)27-20-18(22)19(24-12-25-20)26-14-8-7-13(9-14)11-30-31(23,28)29/h3-6,12-14,17H,7-11H2,1-2H3,(H2,23,28,29)(H2,24,25,26,27)/t13-,14-,17-/m0/s1. The minimum Gasteiger partial charge on any atom is -0.365 e. The van der Waals surface area contributed by atoms with Gasteiger partial charge >= 0.3 is 10.3 Å².